The normalized spacial score (nSPS) is 12.5. The van der Waals surface area contributed by atoms with E-state index in [1.54, 1.807) is 6.20 Å². The highest BCUT2D eigenvalue weighted by atomic mass is 16.3. The molecule has 0 saturated heterocycles. The Morgan fingerprint density at radius 2 is 1.62 bits per heavy atom. The minimum absolute atomic E-state index is 0.636. The number of hydrogen-bond acceptors (Lipinski definition) is 3. The lowest BCUT2D eigenvalue weighted by atomic mass is 10.0. The van der Waals surface area contributed by atoms with Crippen molar-refractivity contribution >= 4 is 22.2 Å². The summed E-state index contributed by atoms with van der Waals surface area (Å²) < 4.78 is 5.84. The Morgan fingerprint density at radius 1 is 0.731 bits per heavy atom. The van der Waals surface area contributed by atoms with Crippen molar-refractivity contribution in [3.63, 3.8) is 0 Å². The molecule has 0 aliphatic heterocycles. The fraction of sp³-hybridized carbons (Fsp3) is 0.0435. The van der Waals surface area contributed by atoms with Crippen molar-refractivity contribution in [2.75, 3.05) is 0 Å². The summed E-state index contributed by atoms with van der Waals surface area (Å²) in [6.45, 7) is 0. The van der Waals surface area contributed by atoms with Gasteiger partial charge in [0.15, 0.2) is 0 Å². The van der Waals surface area contributed by atoms with Crippen LogP contribution < -0.4 is 0 Å². The van der Waals surface area contributed by atoms with Crippen molar-refractivity contribution in [3.05, 3.63) is 84.1 Å². The lowest BCUT2D eigenvalue weighted by molar-refractivity contribution is 0.641. The minimum atomic E-state index is 0.636. The average Bonchev–Trinajstić information content (AvgIpc) is 3.24. The molecule has 0 atom stereocenters. The van der Waals surface area contributed by atoms with Crippen LogP contribution in [-0.2, 0) is 6.42 Å². The molecule has 0 N–H and O–H groups in total. The lowest BCUT2D eigenvalue weighted by Gasteiger charge is -2.05. The number of benzene rings is 2. The van der Waals surface area contributed by atoms with E-state index in [9.17, 15) is 0 Å². The van der Waals surface area contributed by atoms with Crippen LogP contribution in [0.1, 0.15) is 11.1 Å². The second kappa shape index (κ2) is 5.02. The number of hydrogen-bond donors (Lipinski definition) is 0. The van der Waals surface area contributed by atoms with Gasteiger partial charge in [0.1, 0.15) is 0 Å². The number of rotatable bonds is 1. The van der Waals surface area contributed by atoms with Crippen molar-refractivity contribution in [1.82, 2.24) is 9.97 Å². The predicted molar refractivity (Wildman–Crippen MR) is 103 cm³/mol. The summed E-state index contributed by atoms with van der Waals surface area (Å²) in [5.41, 5.74) is 8.75. The molecule has 3 heteroatoms. The third-order valence-electron chi connectivity index (χ3n) is 5.20. The zero-order valence-corrected chi connectivity index (χ0v) is 13.9. The molecule has 0 spiro atoms. The van der Waals surface area contributed by atoms with Gasteiger partial charge in [-0.2, -0.15) is 0 Å². The van der Waals surface area contributed by atoms with Crippen LogP contribution in [-0.4, -0.2) is 9.97 Å². The van der Waals surface area contributed by atoms with Crippen LogP contribution in [0.25, 0.3) is 44.6 Å². The quantitative estimate of drug-likeness (QED) is 0.392. The van der Waals surface area contributed by atoms with E-state index in [2.05, 4.69) is 59.6 Å². The van der Waals surface area contributed by atoms with Crippen LogP contribution in [0.5, 0.6) is 0 Å². The van der Waals surface area contributed by atoms with E-state index in [0.29, 0.717) is 11.4 Å². The first kappa shape index (κ1) is 13.8. The van der Waals surface area contributed by atoms with Crippen LogP contribution in [0.3, 0.4) is 0 Å². The van der Waals surface area contributed by atoms with E-state index in [1.807, 2.05) is 12.1 Å². The topological polar surface area (TPSA) is 38.9 Å². The molecule has 0 fully saturated rings. The molecule has 0 unspecified atom stereocenters. The summed E-state index contributed by atoms with van der Waals surface area (Å²) >= 11 is 0. The Kier molecular flexibility index (Phi) is 2.66. The predicted octanol–water partition coefficient (Wildman–Crippen LogP) is 5.61. The second-order valence-corrected chi connectivity index (χ2v) is 6.71. The molecular formula is C23H14N2O. The SMILES string of the molecule is c1ccc2c(c1)Cc1cc(-c3ccc4c(n3)oc3ncccc34)ccc1-2. The molecular weight excluding hydrogens is 320 g/mol. The lowest BCUT2D eigenvalue weighted by Crippen LogP contribution is -1.86. The number of pyridine rings is 2. The second-order valence-electron chi connectivity index (χ2n) is 6.71. The largest absolute Gasteiger partial charge is 0.419 e. The fourth-order valence-corrected chi connectivity index (χ4v) is 3.96. The molecule has 0 saturated carbocycles. The first-order chi connectivity index (χ1) is 12.9. The molecule has 3 nitrogen and oxygen atoms in total. The summed E-state index contributed by atoms with van der Waals surface area (Å²) in [7, 11) is 0. The number of fused-ring (bicyclic) bond motifs is 6. The summed E-state index contributed by atoms with van der Waals surface area (Å²) in [6, 6.07) is 23.3. The molecule has 1 aliphatic rings. The third kappa shape index (κ3) is 1.88. The zero-order chi connectivity index (χ0) is 17.1. The Labute approximate surface area is 150 Å². The maximum atomic E-state index is 5.84. The van der Waals surface area contributed by atoms with Gasteiger partial charge < -0.3 is 4.42 Å². The van der Waals surface area contributed by atoms with Crippen molar-refractivity contribution in [2.24, 2.45) is 0 Å². The monoisotopic (exact) mass is 334 g/mol. The van der Waals surface area contributed by atoms with Gasteiger partial charge in [-0.3, -0.25) is 0 Å². The molecule has 1 aliphatic carbocycles. The Morgan fingerprint density at radius 3 is 2.62 bits per heavy atom. The van der Waals surface area contributed by atoms with Gasteiger partial charge in [0.2, 0.25) is 11.4 Å². The first-order valence-corrected chi connectivity index (χ1v) is 8.73. The van der Waals surface area contributed by atoms with Crippen LogP contribution in [0.4, 0.5) is 0 Å². The highest BCUT2D eigenvalue weighted by molar-refractivity contribution is 6.02. The molecule has 0 bridgehead atoms. The Bertz CT molecular complexity index is 1320. The molecule has 3 heterocycles. The standard InChI is InChI=1S/C23H14N2O/c1-2-5-17-14(4-1)12-16-13-15(7-8-18(16)17)21-10-9-20-19-6-3-11-24-22(19)26-23(20)25-21/h1-11,13H,12H2. The van der Waals surface area contributed by atoms with E-state index in [4.69, 9.17) is 9.40 Å². The average molecular weight is 334 g/mol. The van der Waals surface area contributed by atoms with Gasteiger partial charge in [-0.25, -0.2) is 9.97 Å². The molecule has 0 amide bonds. The first-order valence-electron chi connectivity index (χ1n) is 8.73. The minimum Gasteiger partial charge on any atom is -0.419 e. The van der Waals surface area contributed by atoms with Gasteiger partial charge in [-0.15, -0.1) is 0 Å². The van der Waals surface area contributed by atoms with Crippen molar-refractivity contribution in [2.45, 2.75) is 6.42 Å². The van der Waals surface area contributed by atoms with E-state index >= 15 is 0 Å². The maximum absolute atomic E-state index is 5.84. The zero-order valence-electron chi connectivity index (χ0n) is 13.9. The van der Waals surface area contributed by atoms with E-state index in [1.165, 1.54) is 22.3 Å². The van der Waals surface area contributed by atoms with Crippen molar-refractivity contribution < 1.29 is 4.42 Å². The van der Waals surface area contributed by atoms with Crippen LogP contribution >= 0.6 is 0 Å². The van der Waals surface area contributed by atoms with Gasteiger partial charge >= 0.3 is 0 Å². The molecule has 0 radical (unpaired) electrons. The fourth-order valence-electron chi connectivity index (χ4n) is 3.96. The molecule has 5 aromatic rings. The highest BCUT2D eigenvalue weighted by Gasteiger charge is 2.18. The van der Waals surface area contributed by atoms with Crippen LogP contribution in [0.2, 0.25) is 0 Å². The van der Waals surface area contributed by atoms with Crippen LogP contribution in [0, 0.1) is 0 Å². The number of furan rings is 1. The van der Waals surface area contributed by atoms with Gasteiger partial charge in [0.25, 0.3) is 0 Å². The summed E-state index contributed by atoms with van der Waals surface area (Å²) in [5, 5.41) is 2.01. The van der Waals surface area contributed by atoms with Gasteiger partial charge in [-0.05, 0) is 59.0 Å². The summed E-state index contributed by atoms with van der Waals surface area (Å²) in [5.74, 6) is 0. The highest BCUT2D eigenvalue weighted by Crippen LogP contribution is 2.38. The van der Waals surface area contributed by atoms with E-state index < -0.39 is 0 Å². The van der Waals surface area contributed by atoms with Gasteiger partial charge in [0.05, 0.1) is 5.69 Å². The van der Waals surface area contributed by atoms with Crippen molar-refractivity contribution in [1.29, 1.82) is 0 Å². The van der Waals surface area contributed by atoms with Crippen molar-refractivity contribution in [3.8, 4) is 22.4 Å². The summed E-state index contributed by atoms with van der Waals surface area (Å²) in [6.07, 6.45) is 2.72. The maximum Gasteiger partial charge on any atom is 0.230 e. The Hall–Kier alpha value is -3.46. The molecule has 26 heavy (non-hydrogen) atoms. The summed E-state index contributed by atoms with van der Waals surface area (Å²) in [4.78, 5) is 9.04. The molecule has 122 valence electrons. The Balaban J connectivity index is 1.49. The number of nitrogens with zero attached hydrogens (tertiary/aromatic N) is 2. The smallest absolute Gasteiger partial charge is 0.230 e. The van der Waals surface area contributed by atoms with Gasteiger partial charge in [0, 0.05) is 22.5 Å². The number of aromatic nitrogens is 2. The van der Waals surface area contributed by atoms with E-state index in [0.717, 1.165) is 28.5 Å². The molecule has 3 aromatic heterocycles. The molecule has 6 rings (SSSR count). The van der Waals surface area contributed by atoms with Crippen LogP contribution in [0.15, 0.2) is 77.3 Å². The molecule has 2 aromatic carbocycles. The third-order valence-corrected chi connectivity index (χ3v) is 5.20. The van der Waals surface area contributed by atoms with Gasteiger partial charge in [-0.1, -0.05) is 36.4 Å². The van der Waals surface area contributed by atoms with E-state index in [-0.39, 0.29) is 0 Å².